The Balaban J connectivity index is 2.19. The van der Waals surface area contributed by atoms with E-state index in [0.29, 0.717) is 17.5 Å². The molecule has 1 amide bonds. The molecule has 20 heavy (non-hydrogen) atoms. The van der Waals surface area contributed by atoms with Crippen molar-refractivity contribution < 1.29 is 13.2 Å². The molecule has 0 bridgehead atoms. The molecule has 5 nitrogen and oxygen atoms in total. The van der Waals surface area contributed by atoms with Gasteiger partial charge in [-0.15, -0.1) is 0 Å². The van der Waals surface area contributed by atoms with Gasteiger partial charge in [0, 0.05) is 18.2 Å². The quantitative estimate of drug-likeness (QED) is 0.896. The largest absolute Gasteiger partial charge is 0.335 e. The number of primary sulfonamides is 1. The van der Waals surface area contributed by atoms with Crippen LogP contribution in [0.25, 0.3) is 0 Å². The molecule has 1 aromatic carbocycles. The van der Waals surface area contributed by atoms with Crippen molar-refractivity contribution in [3.05, 3.63) is 29.8 Å². The molecular weight excluding hydrogens is 276 g/mol. The van der Waals surface area contributed by atoms with Crippen molar-refractivity contribution in [1.82, 2.24) is 4.90 Å². The molecule has 0 heterocycles. The van der Waals surface area contributed by atoms with Crippen LogP contribution in [0, 0.1) is 5.92 Å². The highest BCUT2D eigenvalue weighted by Gasteiger charge is 2.33. The first kappa shape index (κ1) is 15.0. The van der Waals surface area contributed by atoms with Crippen LogP contribution in [-0.4, -0.2) is 31.8 Å². The van der Waals surface area contributed by atoms with Gasteiger partial charge in [-0.25, -0.2) is 13.6 Å². The summed E-state index contributed by atoms with van der Waals surface area (Å²) in [5.74, 6) is 0.366. The fourth-order valence-corrected chi connectivity index (χ4v) is 2.65. The van der Waals surface area contributed by atoms with Gasteiger partial charge in [0.25, 0.3) is 5.91 Å². The normalized spacial score (nSPS) is 15.4. The molecule has 0 radical (unpaired) electrons. The summed E-state index contributed by atoms with van der Waals surface area (Å²) < 4.78 is 22.4. The van der Waals surface area contributed by atoms with Crippen LogP contribution in [0.3, 0.4) is 0 Å². The van der Waals surface area contributed by atoms with Crippen molar-refractivity contribution in [2.45, 2.75) is 37.6 Å². The molecule has 110 valence electrons. The van der Waals surface area contributed by atoms with Crippen molar-refractivity contribution in [3.8, 4) is 0 Å². The van der Waals surface area contributed by atoms with E-state index in [4.69, 9.17) is 5.14 Å². The van der Waals surface area contributed by atoms with Crippen molar-refractivity contribution >= 4 is 15.9 Å². The highest BCUT2D eigenvalue weighted by Crippen LogP contribution is 2.29. The summed E-state index contributed by atoms with van der Waals surface area (Å²) >= 11 is 0. The second kappa shape index (κ2) is 5.54. The Hall–Kier alpha value is -1.40. The molecule has 1 aromatic rings. The lowest BCUT2D eigenvalue weighted by Gasteiger charge is -2.24. The zero-order valence-electron chi connectivity index (χ0n) is 11.7. The molecule has 0 atom stereocenters. The molecule has 0 spiro atoms. The molecular formula is C14H20N2O3S. The first-order valence-corrected chi connectivity index (χ1v) is 8.27. The molecule has 0 saturated heterocycles. The lowest BCUT2D eigenvalue weighted by Crippen LogP contribution is -2.36. The van der Waals surface area contributed by atoms with E-state index in [2.05, 4.69) is 13.8 Å². The van der Waals surface area contributed by atoms with E-state index in [1.54, 1.807) is 0 Å². The highest BCUT2D eigenvalue weighted by atomic mass is 32.2. The van der Waals surface area contributed by atoms with E-state index in [9.17, 15) is 13.2 Å². The number of carbonyl (C=O) groups excluding carboxylic acids is 1. The third-order valence-corrected chi connectivity index (χ3v) is 4.17. The summed E-state index contributed by atoms with van der Waals surface area (Å²) in [5, 5.41) is 5.04. The summed E-state index contributed by atoms with van der Waals surface area (Å²) in [6.45, 7) is 4.87. The minimum Gasteiger partial charge on any atom is -0.335 e. The minimum absolute atomic E-state index is 0.0240. The Morgan fingerprint density at radius 2 is 1.85 bits per heavy atom. The van der Waals surface area contributed by atoms with Crippen molar-refractivity contribution in [1.29, 1.82) is 0 Å². The second-order valence-electron chi connectivity index (χ2n) is 5.65. The van der Waals surface area contributed by atoms with E-state index >= 15 is 0 Å². The van der Waals surface area contributed by atoms with E-state index in [1.807, 2.05) is 4.90 Å². The maximum atomic E-state index is 12.5. The summed E-state index contributed by atoms with van der Waals surface area (Å²) in [6, 6.07) is 6.14. The average Bonchev–Trinajstić information content (AvgIpc) is 3.18. The van der Waals surface area contributed by atoms with Gasteiger partial charge in [-0.1, -0.05) is 13.8 Å². The van der Waals surface area contributed by atoms with Crippen molar-refractivity contribution in [2.75, 3.05) is 6.54 Å². The molecule has 0 aliphatic heterocycles. The second-order valence-corrected chi connectivity index (χ2v) is 7.21. The van der Waals surface area contributed by atoms with Gasteiger partial charge >= 0.3 is 0 Å². The molecule has 1 aliphatic carbocycles. The van der Waals surface area contributed by atoms with Gasteiger partial charge in [0.1, 0.15) is 0 Å². The van der Waals surface area contributed by atoms with Crippen LogP contribution in [0.15, 0.2) is 29.2 Å². The minimum atomic E-state index is -3.71. The van der Waals surface area contributed by atoms with Crippen LogP contribution in [0.5, 0.6) is 0 Å². The van der Waals surface area contributed by atoms with Crippen LogP contribution in [0.2, 0.25) is 0 Å². The van der Waals surface area contributed by atoms with Crippen LogP contribution < -0.4 is 5.14 Å². The summed E-state index contributed by atoms with van der Waals surface area (Å²) in [5.41, 5.74) is 0.505. The number of benzene rings is 1. The van der Waals surface area contributed by atoms with Gasteiger partial charge in [0.15, 0.2) is 0 Å². The Morgan fingerprint density at radius 1 is 1.30 bits per heavy atom. The SMILES string of the molecule is CC(C)CN(C(=O)c1ccc(S(N)(=O)=O)cc1)C1CC1. The van der Waals surface area contributed by atoms with E-state index in [1.165, 1.54) is 24.3 Å². The van der Waals surface area contributed by atoms with Crippen LogP contribution in [0.1, 0.15) is 37.0 Å². The zero-order chi connectivity index (χ0) is 14.9. The molecule has 1 aliphatic rings. The number of hydrogen-bond donors (Lipinski definition) is 1. The Kier molecular flexibility index (Phi) is 4.15. The van der Waals surface area contributed by atoms with Gasteiger partial charge < -0.3 is 4.90 Å². The lowest BCUT2D eigenvalue weighted by molar-refractivity contribution is 0.0722. The first-order valence-electron chi connectivity index (χ1n) is 6.73. The lowest BCUT2D eigenvalue weighted by atomic mass is 10.1. The summed E-state index contributed by atoms with van der Waals surface area (Å²) in [4.78, 5) is 14.4. The van der Waals surface area contributed by atoms with E-state index in [-0.39, 0.29) is 10.8 Å². The maximum absolute atomic E-state index is 12.5. The zero-order valence-corrected chi connectivity index (χ0v) is 12.6. The topological polar surface area (TPSA) is 80.5 Å². The number of nitrogens with zero attached hydrogens (tertiary/aromatic N) is 1. The Labute approximate surface area is 119 Å². The van der Waals surface area contributed by atoms with Gasteiger partial charge in [0.05, 0.1) is 4.90 Å². The van der Waals surface area contributed by atoms with Gasteiger partial charge in [0.2, 0.25) is 10.0 Å². The Morgan fingerprint density at radius 3 is 2.25 bits per heavy atom. The number of hydrogen-bond acceptors (Lipinski definition) is 3. The molecule has 0 unspecified atom stereocenters. The fourth-order valence-electron chi connectivity index (χ4n) is 2.13. The predicted octanol–water partition coefficient (Wildman–Crippen LogP) is 1.59. The molecule has 2 rings (SSSR count). The standard InChI is InChI=1S/C14H20N2O3S/c1-10(2)9-16(12-5-6-12)14(17)11-3-7-13(8-4-11)20(15,18)19/h3-4,7-8,10,12H,5-6,9H2,1-2H3,(H2,15,18,19). The van der Waals surface area contributed by atoms with E-state index in [0.717, 1.165) is 19.4 Å². The van der Waals surface area contributed by atoms with Crippen LogP contribution in [0.4, 0.5) is 0 Å². The smallest absolute Gasteiger partial charge is 0.254 e. The number of sulfonamides is 1. The first-order chi connectivity index (χ1) is 9.29. The predicted molar refractivity (Wildman–Crippen MR) is 76.7 cm³/mol. The summed E-state index contributed by atoms with van der Waals surface area (Å²) in [7, 11) is -3.71. The summed E-state index contributed by atoms with van der Waals surface area (Å²) in [6.07, 6.45) is 2.10. The molecule has 6 heteroatoms. The molecule has 0 aromatic heterocycles. The van der Waals surface area contributed by atoms with Gasteiger partial charge in [-0.05, 0) is 43.0 Å². The molecule has 2 N–H and O–H groups in total. The third-order valence-electron chi connectivity index (χ3n) is 3.24. The molecule has 1 saturated carbocycles. The van der Waals surface area contributed by atoms with Gasteiger partial charge in [-0.2, -0.15) is 0 Å². The monoisotopic (exact) mass is 296 g/mol. The third kappa shape index (κ3) is 3.58. The van der Waals surface area contributed by atoms with Crippen LogP contribution >= 0.6 is 0 Å². The fraction of sp³-hybridized carbons (Fsp3) is 0.500. The van der Waals surface area contributed by atoms with Crippen molar-refractivity contribution in [3.63, 3.8) is 0 Å². The molecule has 1 fully saturated rings. The number of rotatable bonds is 5. The number of carbonyl (C=O) groups is 1. The van der Waals surface area contributed by atoms with Gasteiger partial charge in [-0.3, -0.25) is 4.79 Å². The van der Waals surface area contributed by atoms with Crippen molar-refractivity contribution in [2.24, 2.45) is 11.1 Å². The Bertz CT molecular complexity index is 589. The number of amides is 1. The maximum Gasteiger partial charge on any atom is 0.254 e. The highest BCUT2D eigenvalue weighted by molar-refractivity contribution is 7.89. The number of nitrogens with two attached hydrogens (primary N) is 1. The van der Waals surface area contributed by atoms with Crippen LogP contribution in [-0.2, 0) is 10.0 Å². The average molecular weight is 296 g/mol. The van der Waals surface area contributed by atoms with E-state index < -0.39 is 10.0 Å².